The van der Waals surface area contributed by atoms with Crippen LogP contribution in [0.1, 0.15) is 52.3 Å². The van der Waals surface area contributed by atoms with Crippen molar-refractivity contribution in [3.63, 3.8) is 0 Å². The van der Waals surface area contributed by atoms with Crippen molar-refractivity contribution in [1.29, 1.82) is 5.26 Å². The summed E-state index contributed by atoms with van der Waals surface area (Å²) in [7, 11) is 0. The Morgan fingerprint density at radius 2 is 2.00 bits per heavy atom. The molecule has 1 atom stereocenters. The number of benzene rings is 1. The van der Waals surface area contributed by atoms with Gasteiger partial charge in [-0.3, -0.25) is 9.59 Å². The maximum atomic E-state index is 12.8. The molecule has 2 heterocycles. The average molecular weight is 395 g/mol. The number of hydrogen-bond donors (Lipinski definition) is 1. The van der Waals surface area contributed by atoms with Crippen LogP contribution in [-0.4, -0.2) is 20.5 Å². The van der Waals surface area contributed by atoms with Crippen molar-refractivity contribution < 1.29 is 4.79 Å². The quantitative estimate of drug-likeness (QED) is 0.643. The number of nitrogens with zero attached hydrogens (tertiary/aromatic N) is 3. The van der Waals surface area contributed by atoms with E-state index in [4.69, 9.17) is 16.9 Å². The summed E-state index contributed by atoms with van der Waals surface area (Å²) in [5.74, 6) is -0.265. The molecule has 142 valence electrons. The van der Waals surface area contributed by atoms with Crippen molar-refractivity contribution in [3.05, 3.63) is 86.0 Å². The van der Waals surface area contributed by atoms with Gasteiger partial charge in [0.2, 0.25) is 5.78 Å². The van der Waals surface area contributed by atoms with Gasteiger partial charge in [0.1, 0.15) is 0 Å². The molecule has 0 aliphatic rings. The van der Waals surface area contributed by atoms with E-state index in [0.29, 0.717) is 22.0 Å². The first kappa shape index (κ1) is 19.6. The first-order valence-corrected chi connectivity index (χ1v) is 9.23. The van der Waals surface area contributed by atoms with Gasteiger partial charge >= 0.3 is 0 Å². The third-order valence-corrected chi connectivity index (χ3v) is 4.85. The molecule has 0 bridgehead atoms. The van der Waals surface area contributed by atoms with E-state index in [1.165, 1.54) is 10.7 Å². The van der Waals surface area contributed by atoms with E-state index in [1.54, 1.807) is 30.3 Å². The number of aromatic amines is 1. The van der Waals surface area contributed by atoms with Crippen LogP contribution in [0.15, 0.2) is 47.3 Å². The molecule has 0 aliphatic heterocycles. The molecule has 28 heavy (non-hydrogen) atoms. The molecule has 1 N–H and O–H groups in total. The van der Waals surface area contributed by atoms with E-state index in [0.717, 1.165) is 11.3 Å². The summed E-state index contributed by atoms with van der Waals surface area (Å²) in [5.41, 5.74) is 3.17. The van der Waals surface area contributed by atoms with E-state index >= 15 is 0 Å². The van der Waals surface area contributed by atoms with Crippen LogP contribution in [0.5, 0.6) is 0 Å². The molecule has 6 nitrogen and oxygen atoms in total. The van der Waals surface area contributed by atoms with E-state index in [1.807, 2.05) is 26.0 Å². The van der Waals surface area contributed by atoms with Gasteiger partial charge in [0.05, 0.1) is 30.4 Å². The molecular weight excluding hydrogens is 376 g/mol. The van der Waals surface area contributed by atoms with Crippen LogP contribution in [0.2, 0.25) is 5.02 Å². The predicted molar refractivity (Wildman–Crippen MR) is 107 cm³/mol. The number of nitriles is 1. The molecule has 0 fully saturated rings. The first-order valence-electron chi connectivity index (χ1n) is 8.85. The smallest absolute Gasteiger partial charge is 0.266 e. The number of carbonyl (C=O) groups excluding carboxylic acids is 1. The standard InChI is InChI=1S/C21H19ClN4O2/c1-13-12-18(24-20(13)21(28)15-4-6-16(22)7-5-15)14(2)17-8-9-19(27)26(25-17)11-3-10-23/h4-9,12,14,24H,3,11H2,1-2H3. The molecule has 1 unspecified atom stereocenters. The highest BCUT2D eigenvalue weighted by Gasteiger charge is 2.19. The zero-order valence-electron chi connectivity index (χ0n) is 15.6. The number of aryl methyl sites for hydroxylation is 2. The van der Waals surface area contributed by atoms with Gasteiger partial charge in [-0.1, -0.05) is 18.5 Å². The Bertz CT molecular complexity index is 1110. The van der Waals surface area contributed by atoms with Crippen molar-refractivity contribution in [3.8, 4) is 6.07 Å². The van der Waals surface area contributed by atoms with Gasteiger partial charge in [0.15, 0.2) is 0 Å². The molecule has 3 aromatic rings. The second-order valence-corrected chi connectivity index (χ2v) is 7.00. The van der Waals surface area contributed by atoms with E-state index in [2.05, 4.69) is 10.1 Å². The Hall–Kier alpha value is -3.17. The summed E-state index contributed by atoms with van der Waals surface area (Å²) in [4.78, 5) is 27.9. The maximum Gasteiger partial charge on any atom is 0.266 e. The van der Waals surface area contributed by atoms with Crippen LogP contribution in [-0.2, 0) is 6.54 Å². The van der Waals surface area contributed by atoms with Crippen LogP contribution in [0.4, 0.5) is 0 Å². The van der Waals surface area contributed by atoms with Gasteiger partial charge in [0.25, 0.3) is 5.56 Å². The van der Waals surface area contributed by atoms with Gasteiger partial charge < -0.3 is 4.98 Å². The zero-order valence-corrected chi connectivity index (χ0v) is 16.3. The normalized spacial score (nSPS) is 11.8. The minimum Gasteiger partial charge on any atom is -0.355 e. The SMILES string of the molecule is Cc1cc(C(C)c2ccc(=O)n(CCC#N)n2)[nH]c1C(=O)c1ccc(Cl)cc1. The largest absolute Gasteiger partial charge is 0.355 e. The summed E-state index contributed by atoms with van der Waals surface area (Å²) < 4.78 is 1.30. The number of halogens is 1. The predicted octanol–water partition coefficient (Wildman–Crippen LogP) is 3.83. The summed E-state index contributed by atoms with van der Waals surface area (Å²) >= 11 is 5.89. The van der Waals surface area contributed by atoms with E-state index in [-0.39, 0.29) is 30.2 Å². The minimum absolute atomic E-state index is 0.112. The lowest BCUT2D eigenvalue weighted by Crippen LogP contribution is -2.23. The molecule has 2 aromatic heterocycles. The van der Waals surface area contributed by atoms with Gasteiger partial charge in [-0.05, 0) is 48.9 Å². The molecule has 3 rings (SSSR count). The number of nitrogens with one attached hydrogen (secondary N) is 1. The Labute approximate surface area is 167 Å². The van der Waals surface area contributed by atoms with Crippen molar-refractivity contribution in [2.24, 2.45) is 0 Å². The summed E-state index contributed by atoms with van der Waals surface area (Å²) in [6.07, 6.45) is 0.214. The summed E-state index contributed by atoms with van der Waals surface area (Å²) in [6.45, 7) is 4.07. The number of aromatic nitrogens is 3. The van der Waals surface area contributed by atoms with Crippen LogP contribution in [0.3, 0.4) is 0 Å². The number of carbonyl (C=O) groups is 1. The van der Waals surface area contributed by atoms with Crippen LogP contribution in [0, 0.1) is 18.3 Å². The number of H-pyrrole nitrogens is 1. The second-order valence-electron chi connectivity index (χ2n) is 6.57. The Morgan fingerprint density at radius 3 is 2.68 bits per heavy atom. The van der Waals surface area contributed by atoms with Crippen molar-refractivity contribution in [2.75, 3.05) is 0 Å². The van der Waals surface area contributed by atoms with Gasteiger partial charge in [-0.25, -0.2) is 4.68 Å². The molecule has 1 aromatic carbocycles. The number of rotatable bonds is 6. The highest BCUT2D eigenvalue weighted by Crippen LogP contribution is 2.25. The molecule has 0 radical (unpaired) electrons. The minimum atomic E-state index is -0.243. The van der Waals surface area contributed by atoms with Crippen LogP contribution in [0.25, 0.3) is 0 Å². The van der Waals surface area contributed by atoms with Crippen molar-refractivity contribution >= 4 is 17.4 Å². The molecule has 0 aliphatic carbocycles. The van der Waals surface area contributed by atoms with E-state index in [9.17, 15) is 9.59 Å². The Kier molecular flexibility index (Phi) is 5.76. The number of hydrogen-bond acceptors (Lipinski definition) is 4. The van der Waals surface area contributed by atoms with Crippen LogP contribution < -0.4 is 5.56 Å². The molecule has 7 heteroatoms. The lowest BCUT2D eigenvalue weighted by atomic mass is 10.0. The fraction of sp³-hybridized carbons (Fsp3) is 0.238. The van der Waals surface area contributed by atoms with Gasteiger partial charge in [0, 0.05) is 28.3 Å². The second kappa shape index (κ2) is 8.24. The van der Waals surface area contributed by atoms with E-state index < -0.39 is 0 Å². The molecule has 0 saturated heterocycles. The molecule has 0 spiro atoms. The summed E-state index contributed by atoms with van der Waals surface area (Å²) in [5, 5.41) is 13.7. The molecule has 0 saturated carbocycles. The first-order chi connectivity index (χ1) is 13.4. The third kappa shape index (κ3) is 4.05. The van der Waals surface area contributed by atoms with Gasteiger partial charge in [-0.15, -0.1) is 0 Å². The van der Waals surface area contributed by atoms with Crippen LogP contribution >= 0.6 is 11.6 Å². The average Bonchev–Trinajstić information content (AvgIpc) is 3.08. The monoisotopic (exact) mass is 394 g/mol. The zero-order chi connectivity index (χ0) is 20.3. The lowest BCUT2D eigenvalue weighted by Gasteiger charge is -2.11. The topological polar surface area (TPSA) is 91.5 Å². The van der Waals surface area contributed by atoms with Crippen molar-refractivity contribution in [1.82, 2.24) is 14.8 Å². The maximum absolute atomic E-state index is 12.8. The Morgan fingerprint density at radius 1 is 1.29 bits per heavy atom. The third-order valence-electron chi connectivity index (χ3n) is 4.60. The van der Waals surface area contributed by atoms with Crippen molar-refractivity contribution in [2.45, 2.75) is 32.7 Å². The molecular formula is C21H19ClN4O2. The molecule has 0 amide bonds. The lowest BCUT2D eigenvalue weighted by molar-refractivity contribution is 0.103. The highest BCUT2D eigenvalue weighted by atomic mass is 35.5. The van der Waals surface area contributed by atoms with Gasteiger partial charge in [-0.2, -0.15) is 10.4 Å². The number of ketones is 1. The summed E-state index contributed by atoms with van der Waals surface area (Å²) in [6, 6.07) is 13.8. The fourth-order valence-electron chi connectivity index (χ4n) is 2.97. The highest BCUT2D eigenvalue weighted by molar-refractivity contribution is 6.30. The fourth-order valence-corrected chi connectivity index (χ4v) is 3.10. The Balaban J connectivity index is 1.90.